The highest BCUT2D eigenvalue weighted by molar-refractivity contribution is 6.35. The average Bonchev–Trinajstić information content (AvgIpc) is 2.86. The summed E-state index contributed by atoms with van der Waals surface area (Å²) < 4.78 is 0. The van der Waals surface area contributed by atoms with Gasteiger partial charge < -0.3 is 4.90 Å². The molecule has 0 spiro atoms. The van der Waals surface area contributed by atoms with Crippen molar-refractivity contribution < 1.29 is 4.79 Å². The van der Waals surface area contributed by atoms with E-state index in [1.54, 1.807) is 18.2 Å². The van der Waals surface area contributed by atoms with Crippen molar-refractivity contribution in [3.05, 3.63) is 33.8 Å². The molecule has 0 radical (unpaired) electrons. The van der Waals surface area contributed by atoms with Crippen molar-refractivity contribution in [1.82, 2.24) is 4.90 Å². The Bertz CT molecular complexity index is 464. The molecular formula is C14H16Cl3NO. The topological polar surface area (TPSA) is 20.3 Å². The third-order valence-electron chi connectivity index (χ3n) is 3.47. The normalized spacial score (nSPS) is 18.9. The minimum Gasteiger partial charge on any atom is -0.336 e. The van der Waals surface area contributed by atoms with Gasteiger partial charge in [-0.05, 0) is 43.9 Å². The molecule has 2 rings (SSSR count). The number of alkyl halides is 1. The predicted octanol–water partition coefficient (Wildman–Crippen LogP) is 4.62. The number of likely N-dealkylation sites (tertiary alicyclic amines) is 1. The van der Waals surface area contributed by atoms with E-state index < -0.39 is 0 Å². The zero-order valence-corrected chi connectivity index (χ0v) is 12.8. The number of benzene rings is 1. The van der Waals surface area contributed by atoms with Crippen LogP contribution in [0, 0.1) is 0 Å². The van der Waals surface area contributed by atoms with Crippen LogP contribution < -0.4 is 0 Å². The van der Waals surface area contributed by atoms with E-state index in [1.807, 2.05) is 4.90 Å². The minimum absolute atomic E-state index is 0.0235. The first-order chi connectivity index (χ1) is 9.13. The first-order valence-corrected chi connectivity index (χ1v) is 7.74. The number of nitrogens with zero attached hydrogens (tertiary/aromatic N) is 1. The van der Waals surface area contributed by atoms with Gasteiger partial charge in [0.25, 0.3) is 5.91 Å². The second-order valence-electron chi connectivity index (χ2n) is 4.75. The SMILES string of the molecule is O=C(c1cc(Cl)ccc1Cl)N1CCCC1CCCCl. The molecule has 1 saturated heterocycles. The monoisotopic (exact) mass is 319 g/mol. The lowest BCUT2D eigenvalue weighted by Gasteiger charge is -2.25. The van der Waals surface area contributed by atoms with Crippen LogP contribution in [0.3, 0.4) is 0 Å². The van der Waals surface area contributed by atoms with Gasteiger partial charge in [-0.2, -0.15) is 0 Å². The van der Waals surface area contributed by atoms with Crippen molar-refractivity contribution in [2.24, 2.45) is 0 Å². The molecule has 0 N–H and O–H groups in total. The van der Waals surface area contributed by atoms with Crippen molar-refractivity contribution in [2.75, 3.05) is 12.4 Å². The molecule has 0 bridgehead atoms. The van der Waals surface area contributed by atoms with E-state index in [9.17, 15) is 4.79 Å². The van der Waals surface area contributed by atoms with Crippen LogP contribution in [-0.2, 0) is 0 Å². The zero-order chi connectivity index (χ0) is 13.8. The molecule has 0 aliphatic carbocycles. The van der Waals surface area contributed by atoms with Gasteiger partial charge in [0.15, 0.2) is 0 Å². The molecule has 19 heavy (non-hydrogen) atoms. The molecule has 2 nitrogen and oxygen atoms in total. The number of hydrogen-bond acceptors (Lipinski definition) is 1. The van der Waals surface area contributed by atoms with Gasteiger partial charge in [-0.15, -0.1) is 11.6 Å². The Labute approximate surface area is 128 Å². The fourth-order valence-corrected chi connectivity index (χ4v) is 3.06. The first-order valence-electron chi connectivity index (χ1n) is 6.45. The van der Waals surface area contributed by atoms with Gasteiger partial charge >= 0.3 is 0 Å². The van der Waals surface area contributed by atoms with Crippen LogP contribution >= 0.6 is 34.8 Å². The molecule has 0 saturated carbocycles. The van der Waals surface area contributed by atoms with E-state index >= 15 is 0 Å². The number of carbonyl (C=O) groups excluding carboxylic acids is 1. The lowest BCUT2D eigenvalue weighted by atomic mass is 10.1. The largest absolute Gasteiger partial charge is 0.336 e. The van der Waals surface area contributed by atoms with Gasteiger partial charge in [-0.25, -0.2) is 0 Å². The van der Waals surface area contributed by atoms with Crippen molar-refractivity contribution >= 4 is 40.7 Å². The van der Waals surface area contributed by atoms with Gasteiger partial charge in [-0.1, -0.05) is 23.2 Å². The predicted molar refractivity (Wildman–Crippen MR) is 80.5 cm³/mol. The highest BCUT2D eigenvalue weighted by Gasteiger charge is 2.29. The molecule has 0 aromatic heterocycles. The Morgan fingerprint density at radius 1 is 1.37 bits per heavy atom. The third kappa shape index (κ3) is 3.56. The van der Waals surface area contributed by atoms with Crippen LogP contribution in [0.25, 0.3) is 0 Å². The highest BCUT2D eigenvalue weighted by atomic mass is 35.5. The lowest BCUT2D eigenvalue weighted by molar-refractivity contribution is 0.0730. The second kappa shape index (κ2) is 6.83. The Balaban J connectivity index is 2.16. The average molecular weight is 321 g/mol. The standard InChI is InChI=1S/C14H16Cl3NO/c15-7-1-3-11-4-2-8-18(11)14(19)12-9-10(16)5-6-13(12)17/h5-6,9,11H,1-4,7-8H2. The molecule has 104 valence electrons. The first kappa shape index (κ1) is 15.0. The summed E-state index contributed by atoms with van der Waals surface area (Å²) in [6.07, 6.45) is 3.96. The fourth-order valence-electron chi connectivity index (χ4n) is 2.53. The molecule has 1 aliphatic rings. The summed E-state index contributed by atoms with van der Waals surface area (Å²) in [7, 11) is 0. The highest BCUT2D eigenvalue weighted by Crippen LogP contribution is 2.27. The third-order valence-corrected chi connectivity index (χ3v) is 4.30. The molecule has 1 heterocycles. The van der Waals surface area contributed by atoms with E-state index in [-0.39, 0.29) is 11.9 Å². The minimum atomic E-state index is -0.0235. The van der Waals surface area contributed by atoms with Crippen molar-refractivity contribution in [1.29, 1.82) is 0 Å². The molecule has 5 heteroatoms. The van der Waals surface area contributed by atoms with Crippen LogP contribution in [-0.4, -0.2) is 29.3 Å². The van der Waals surface area contributed by atoms with E-state index in [0.29, 0.717) is 21.5 Å². The van der Waals surface area contributed by atoms with Crippen LogP contribution in [0.2, 0.25) is 10.0 Å². The van der Waals surface area contributed by atoms with Gasteiger partial charge in [0.1, 0.15) is 0 Å². The Morgan fingerprint density at radius 3 is 2.89 bits per heavy atom. The van der Waals surface area contributed by atoms with Gasteiger partial charge in [0.2, 0.25) is 0 Å². The van der Waals surface area contributed by atoms with Crippen molar-refractivity contribution in [3.63, 3.8) is 0 Å². The van der Waals surface area contributed by atoms with Crippen LogP contribution in [0.15, 0.2) is 18.2 Å². The number of halogens is 3. The maximum atomic E-state index is 12.5. The summed E-state index contributed by atoms with van der Waals surface area (Å²) in [6, 6.07) is 5.28. The Kier molecular flexibility index (Phi) is 5.37. The van der Waals surface area contributed by atoms with E-state index in [0.717, 1.165) is 32.2 Å². The number of rotatable bonds is 4. The van der Waals surface area contributed by atoms with E-state index in [1.165, 1.54) is 0 Å². The van der Waals surface area contributed by atoms with Crippen LogP contribution in [0.4, 0.5) is 0 Å². The summed E-state index contributed by atoms with van der Waals surface area (Å²) in [5.74, 6) is 0.612. The summed E-state index contributed by atoms with van der Waals surface area (Å²) in [5, 5.41) is 0.988. The fraction of sp³-hybridized carbons (Fsp3) is 0.500. The lowest BCUT2D eigenvalue weighted by Crippen LogP contribution is -2.35. The molecule has 1 aromatic rings. The summed E-state index contributed by atoms with van der Waals surface area (Å²) in [6.45, 7) is 0.786. The summed E-state index contributed by atoms with van der Waals surface area (Å²) in [4.78, 5) is 14.5. The Morgan fingerprint density at radius 2 is 2.16 bits per heavy atom. The second-order valence-corrected chi connectivity index (χ2v) is 5.97. The zero-order valence-electron chi connectivity index (χ0n) is 10.5. The van der Waals surface area contributed by atoms with E-state index in [2.05, 4.69) is 0 Å². The van der Waals surface area contributed by atoms with Crippen molar-refractivity contribution in [3.8, 4) is 0 Å². The molecular weight excluding hydrogens is 305 g/mol. The quantitative estimate of drug-likeness (QED) is 0.741. The maximum absolute atomic E-state index is 12.5. The number of amides is 1. The molecule has 1 aromatic carbocycles. The summed E-state index contributed by atoms with van der Waals surface area (Å²) in [5.41, 5.74) is 0.493. The summed E-state index contributed by atoms with van der Waals surface area (Å²) >= 11 is 17.8. The Hall–Kier alpha value is -0.440. The molecule has 1 aliphatic heterocycles. The molecule has 1 atom stereocenters. The smallest absolute Gasteiger partial charge is 0.255 e. The van der Waals surface area contributed by atoms with Crippen LogP contribution in [0.5, 0.6) is 0 Å². The number of hydrogen-bond donors (Lipinski definition) is 0. The molecule has 1 unspecified atom stereocenters. The molecule has 1 fully saturated rings. The van der Waals surface area contributed by atoms with Gasteiger partial charge in [0.05, 0.1) is 10.6 Å². The van der Waals surface area contributed by atoms with E-state index in [4.69, 9.17) is 34.8 Å². The van der Waals surface area contributed by atoms with Crippen LogP contribution in [0.1, 0.15) is 36.0 Å². The van der Waals surface area contributed by atoms with Gasteiger partial charge in [-0.3, -0.25) is 4.79 Å². The molecule has 1 amide bonds. The maximum Gasteiger partial charge on any atom is 0.255 e. The number of carbonyl (C=O) groups is 1. The van der Waals surface area contributed by atoms with Crippen molar-refractivity contribution in [2.45, 2.75) is 31.7 Å². The van der Waals surface area contributed by atoms with Gasteiger partial charge in [0, 0.05) is 23.5 Å².